The summed E-state index contributed by atoms with van der Waals surface area (Å²) in [4.78, 5) is 39.6. The van der Waals surface area contributed by atoms with Gasteiger partial charge in [-0.2, -0.15) is 0 Å². The zero-order valence-corrected chi connectivity index (χ0v) is 23.4. The summed E-state index contributed by atoms with van der Waals surface area (Å²) in [6.45, 7) is 1.68. The van der Waals surface area contributed by atoms with Crippen LogP contribution >= 0.6 is 11.3 Å². The number of benzene rings is 2. The average Bonchev–Trinajstić information content (AvgIpc) is 3.50. The first kappa shape index (κ1) is 27.9. The highest BCUT2D eigenvalue weighted by Crippen LogP contribution is 2.49. The average molecular weight is 577 g/mol. The highest BCUT2D eigenvalue weighted by atomic mass is 32.1. The number of rotatable bonds is 8. The van der Waals surface area contributed by atoms with Gasteiger partial charge < -0.3 is 24.6 Å². The van der Waals surface area contributed by atoms with Crippen molar-refractivity contribution >= 4 is 28.8 Å². The zero-order chi connectivity index (χ0) is 29.3. The number of thiophene rings is 1. The Balaban J connectivity index is 1.58. The van der Waals surface area contributed by atoms with Gasteiger partial charge in [0.1, 0.15) is 12.4 Å². The number of phenolic OH excluding ortho intramolecular Hbond substituents is 1. The van der Waals surface area contributed by atoms with E-state index < -0.39 is 28.2 Å². The van der Waals surface area contributed by atoms with Crippen LogP contribution in [0, 0.1) is 10.1 Å². The van der Waals surface area contributed by atoms with E-state index in [2.05, 4.69) is 5.32 Å². The van der Waals surface area contributed by atoms with Crippen LogP contribution in [-0.4, -0.2) is 36.0 Å². The third-order valence-electron chi connectivity index (χ3n) is 7.35. The van der Waals surface area contributed by atoms with Crippen molar-refractivity contribution in [2.45, 2.75) is 38.2 Å². The Bertz CT molecular complexity index is 1570. The van der Waals surface area contributed by atoms with E-state index in [0.717, 1.165) is 10.4 Å². The molecule has 10 nitrogen and oxygen atoms in total. The second-order valence-electron chi connectivity index (χ2n) is 9.80. The largest absolute Gasteiger partial charge is 0.500 e. The number of allylic oxidation sites excluding steroid dienone is 3. The lowest BCUT2D eigenvalue weighted by Gasteiger charge is -2.36. The maximum absolute atomic E-state index is 13.8. The SMILES string of the molecule is COc1ccc(COC(=O)C2=C(C)NC3=C(C(=O)CC(c4cccs4)C3)C2c2cc(OC)c(O)c([N+](=O)[O-])c2)cc1. The van der Waals surface area contributed by atoms with Gasteiger partial charge in [0.05, 0.1) is 24.7 Å². The molecule has 0 radical (unpaired) electrons. The monoisotopic (exact) mass is 576 g/mol. The molecule has 2 N–H and O–H groups in total. The molecular formula is C30H28N2O8S. The van der Waals surface area contributed by atoms with Crippen molar-refractivity contribution in [2.24, 2.45) is 0 Å². The fourth-order valence-corrected chi connectivity index (χ4v) is 6.22. The number of ketones is 1. The Labute approximate surface area is 240 Å². The number of aromatic hydroxyl groups is 1. The molecule has 5 rings (SSSR count). The Morgan fingerprint density at radius 1 is 1.15 bits per heavy atom. The molecule has 0 saturated carbocycles. The summed E-state index contributed by atoms with van der Waals surface area (Å²) in [6.07, 6.45) is 0.753. The normalized spacial score (nSPS) is 18.5. The Morgan fingerprint density at radius 3 is 2.54 bits per heavy atom. The van der Waals surface area contributed by atoms with E-state index in [0.29, 0.717) is 29.1 Å². The molecule has 3 aromatic rings. The van der Waals surface area contributed by atoms with Gasteiger partial charge >= 0.3 is 11.7 Å². The molecule has 0 amide bonds. The van der Waals surface area contributed by atoms with E-state index >= 15 is 0 Å². The summed E-state index contributed by atoms with van der Waals surface area (Å²) in [5.74, 6) is -1.97. The molecule has 1 aliphatic carbocycles. The summed E-state index contributed by atoms with van der Waals surface area (Å²) < 4.78 is 16.1. The van der Waals surface area contributed by atoms with Crippen LogP contribution in [0.4, 0.5) is 5.69 Å². The summed E-state index contributed by atoms with van der Waals surface area (Å²) in [5, 5.41) is 27.5. The first-order valence-corrected chi connectivity index (χ1v) is 13.7. The third kappa shape index (κ3) is 5.40. The van der Waals surface area contributed by atoms with Crippen molar-refractivity contribution in [1.29, 1.82) is 0 Å². The minimum atomic E-state index is -0.973. The van der Waals surface area contributed by atoms with Crippen molar-refractivity contribution in [1.82, 2.24) is 5.32 Å². The number of esters is 1. The van der Waals surface area contributed by atoms with Gasteiger partial charge in [0.25, 0.3) is 0 Å². The molecule has 2 aromatic carbocycles. The van der Waals surface area contributed by atoms with Gasteiger partial charge in [-0.15, -0.1) is 11.3 Å². The summed E-state index contributed by atoms with van der Waals surface area (Å²) in [5.41, 5.74) is 2.03. The summed E-state index contributed by atoms with van der Waals surface area (Å²) in [7, 11) is 2.83. The first-order chi connectivity index (χ1) is 19.7. The zero-order valence-electron chi connectivity index (χ0n) is 22.6. The van der Waals surface area contributed by atoms with Crippen LogP contribution in [0.2, 0.25) is 0 Å². The number of ether oxygens (including phenoxy) is 3. The maximum Gasteiger partial charge on any atom is 0.337 e. The van der Waals surface area contributed by atoms with Gasteiger partial charge in [0.2, 0.25) is 5.75 Å². The number of carbonyl (C=O) groups excluding carboxylic acids is 2. The van der Waals surface area contributed by atoms with Crippen molar-refractivity contribution in [3.8, 4) is 17.2 Å². The summed E-state index contributed by atoms with van der Waals surface area (Å²) >= 11 is 1.58. The van der Waals surface area contributed by atoms with E-state index in [-0.39, 0.29) is 41.6 Å². The molecule has 2 aliphatic rings. The quantitative estimate of drug-likeness (QED) is 0.203. The van der Waals surface area contributed by atoms with Crippen molar-refractivity contribution in [2.75, 3.05) is 14.2 Å². The van der Waals surface area contributed by atoms with E-state index in [4.69, 9.17) is 14.2 Å². The predicted molar refractivity (Wildman–Crippen MR) is 151 cm³/mol. The molecule has 2 unspecified atom stereocenters. The van der Waals surface area contributed by atoms with Gasteiger partial charge in [-0.3, -0.25) is 14.9 Å². The highest BCUT2D eigenvalue weighted by molar-refractivity contribution is 7.10. The number of phenols is 1. The molecule has 2 atom stereocenters. The summed E-state index contributed by atoms with van der Waals surface area (Å²) in [6, 6.07) is 13.6. The molecule has 1 aromatic heterocycles. The Hall–Kier alpha value is -4.64. The van der Waals surface area contributed by atoms with Gasteiger partial charge in [-0.05, 0) is 54.1 Å². The second kappa shape index (κ2) is 11.5. The number of dihydropyridines is 1. The topological polar surface area (TPSA) is 137 Å². The van der Waals surface area contributed by atoms with E-state index in [1.165, 1.54) is 19.2 Å². The number of nitrogens with one attached hydrogen (secondary N) is 1. The van der Waals surface area contributed by atoms with Crippen LogP contribution in [-0.2, 0) is 20.9 Å². The maximum atomic E-state index is 13.8. The number of hydrogen-bond donors (Lipinski definition) is 2. The molecule has 212 valence electrons. The lowest BCUT2D eigenvalue weighted by Crippen LogP contribution is -2.36. The standard InChI is InChI=1S/C30H28N2O8S/c1-16-26(30(35)40-15-17-6-8-20(38-2)9-7-17)27(19-12-22(32(36)37)29(34)24(14-19)39-3)28-21(31-16)11-18(13-23(28)33)25-5-4-10-41-25/h4-10,12,14,18,27,31,34H,11,13,15H2,1-3H3. The number of nitro groups is 1. The third-order valence-corrected chi connectivity index (χ3v) is 8.38. The van der Waals surface area contributed by atoms with Crippen LogP contribution in [0.25, 0.3) is 0 Å². The number of hydrogen-bond acceptors (Lipinski definition) is 10. The highest BCUT2D eigenvalue weighted by Gasteiger charge is 2.42. The lowest BCUT2D eigenvalue weighted by molar-refractivity contribution is -0.386. The molecular weight excluding hydrogens is 548 g/mol. The first-order valence-electron chi connectivity index (χ1n) is 12.8. The van der Waals surface area contributed by atoms with Crippen LogP contribution < -0.4 is 14.8 Å². The van der Waals surface area contributed by atoms with Crippen molar-refractivity contribution in [3.05, 3.63) is 103 Å². The Morgan fingerprint density at radius 2 is 1.90 bits per heavy atom. The second-order valence-corrected chi connectivity index (χ2v) is 10.8. The predicted octanol–water partition coefficient (Wildman–Crippen LogP) is 5.48. The molecule has 1 aliphatic heterocycles. The number of nitro benzene ring substituents is 1. The van der Waals surface area contributed by atoms with E-state index in [1.807, 2.05) is 17.5 Å². The van der Waals surface area contributed by atoms with Crippen molar-refractivity contribution < 1.29 is 33.8 Å². The Kier molecular flexibility index (Phi) is 7.80. The minimum Gasteiger partial charge on any atom is -0.500 e. The minimum absolute atomic E-state index is 0.0329. The lowest BCUT2D eigenvalue weighted by atomic mass is 9.72. The molecule has 41 heavy (non-hydrogen) atoms. The van der Waals surface area contributed by atoms with Crippen LogP contribution in [0.15, 0.2) is 76.5 Å². The molecule has 0 spiro atoms. The van der Waals surface area contributed by atoms with Gasteiger partial charge in [-0.1, -0.05) is 18.2 Å². The number of methoxy groups -OCH3 is 2. The van der Waals surface area contributed by atoms with Crippen molar-refractivity contribution in [3.63, 3.8) is 0 Å². The molecule has 0 fully saturated rings. The molecule has 0 saturated heterocycles. The fourth-order valence-electron chi connectivity index (χ4n) is 5.39. The van der Waals surface area contributed by atoms with Crippen LogP contribution in [0.5, 0.6) is 17.2 Å². The number of Topliss-reactive ketones (excluding diaryl/α,β-unsaturated/α-hetero) is 1. The smallest absolute Gasteiger partial charge is 0.337 e. The van der Waals surface area contributed by atoms with Crippen LogP contribution in [0.3, 0.4) is 0 Å². The molecule has 11 heteroatoms. The van der Waals surface area contributed by atoms with Gasteiger partial charge in [0, 0.05) is 46.2 Å². The van der Waals surface area contributed by atoms with Gasteiger partial charge in [-0.25, -0.2) is 4.79 Å². The van der Waals surface area contributed by atoms with Gasteiger partial charge in [0.15, 0.2) is 11.5 Å². The molecule has 0 bridgehead atoms. The number of nitrogens with zero attached hydrogens (tertiary/aromatic N) is 1. The van der Waals surface area contributed by atoms with Crippen LogP contribution in [0.1, 0.15) is 47.6 Å². The molecule has 2 heterocycles. The van der Waals surface area contributed by atoms with E-state index in [1.54, 1.807) is 49.6 Å². The number of carbonyl (C=O) groups is 2. The fraction of sp³-hybridized carbons (Fsp3) is 0.267. The van der Waals surface area contributed by atoms with E-state index in [9.17, 15) is 24.8 Å².